The van der Waals surface area contributed by atoms with Gasteiger partial charge in [0.05, 0.1) is 5.69 Å². The van der Waals surface area contributed by atoms with Gasteiger partial charge in [0.2, 0.25) is 0 Å². The summed E-state index contributed by atoms with van der Waals surface area (Å²) in [5, 5.41) is 5.79. The SMILES string of the molecule is C=CCNC(=O)c1sc(NN2CCN(C)CC2)cc1N. The summed E-state index contributed by atoms with van der Waals surface area (Å²) in [4.78, 5) is 14.7. The molecule has 2 rings (SSSR count). The van der Waals surface area contributed by atoms with Crippen molar-refractivity contribution in [2.24, 2.45) is 0 Å². The smallest absolute Gasteiger partial charge is 0.263 e. The molecule has 0 bridgehead atoms. The predicted molar refractivity (Wildman–Crippen MR) is 84.0 cm³/mol. The molecule has 0 spiro atoms. The fraction of sp³-hybridized carbons (Fsp3) is 0.462. The van der Waals surface area contributed by atoms with Gasteiger partial charge in [0.1, 0.15) is 9.88 Å². The molecule has 4 N–H and O–H groups in total. The quantitative estimate of drug-likeness (QED) is 0.701. The van der Waals surface area contributed by atoms with Gasteiger partial charge in [-0.25, -0.2) is 5.01 Å². The number of anilines is 2. The third-order valence-corrected chi connectivity index (χ3v) is 4.20. The molecule has 1 aromatic heterocycles. The summed E-state index contributed by atoms with van der Waals surface area (Å²) >= 11 is 1.37. The molecule has 0 atom stereocenters. The minimum absolute atomic E-state index is 0.154. The molecule has 7 heteroatoms. The van der Waals surface area contributed by atoms with Gasteiger partial charge in [0.15, 0.2) is 0 Å². The van der Waals surface area contributed by atoms with Crippen LogP contribution in [0.5, 0.6) is 0 Å². The zero-order chi connectivity index (χ0) is 14.5. The number of hydrazine groups is 1. The number of thiophene rings is 1. The topological polar surface area (TPSA) is 73.6 Å². The lowest BCUT2D eigenvalue weighted by Gasteiger charge is -2.32. The molecule has 0 saturated carbocycles. The molecule has 1 saturated heterocycles. The number of nitrogens with zero attached hydrogens (tertiary/aromatic N) is 2. The Hall–Kier alpha value is -1.57. The maximum atomic E-state index is 11.9. The first-order chi connectivity index (χ1) is 9.60. The van der Waals surface area contributed by atoms with Crippen molar-refractivity contribution in [3.63, 3.8) is 0 Å². The first kappa shape index (κ1) is 14.8. The van der Waals surface area contributed by atoms with Crippen LogP contribution in [0.15, 0.2) is 18.7 Å². The molecule has 1 aliphatic heterocycles. The van der Waals surface area contributed by atoms with E-state index in [0.29, 0.717) is 17.1 Å². The van der Waals surface area contributed by atoms with E-state index in [4.69, 9.17) is 5.73 Å². The molecule has 0 aromatic carbocycles. The van der Waals surface area contributed by atoms with Crippen molar-refractivity contribution in [1.82, 2.24) is 15.2 Å². The van der Waals surface area contributed by atoms with Gasteiger partial charge in [-0.2, -0.15) is 0 Å². The van der Waals surface area contributed by atoms with Crippen LogP contribution in [0.3, 0.4) is 0 Å². The summed E-state index contributed by atoms with van der Waals surface area (Å²) in [6.45, 7) is 7.97. The fourth-order valence-electron chi connectivity index (χ4n) is 1.96. The van der Waals surface area contributed by atoms with Crippen LogP contribution >= 0.6 is 11.3 Å². The molecular weight excluding hydrogens is 274 g/mol. The number of amides is 1. The summed E-state index contributed by atoms with van der Waals surface area (Å²) in [5.41, 5.74) is 9.72. The number of hydrogen-bond acceptors (Lipinski definition) is 6. The molecule has 0 unspecified atom stereocenters. The zero-order valence-electron chi connectivity index (χ0n) is 11.7. The van der Waals surface area contributed by atoms with Crippen LogP contribution in [0.4, 0.5) is 10.7 Å². The highest BCUT2D eigenvalue weighted by Gasteiger charge is 2.17. The number of carbonyl (C=O) groups excluding carboxylic acids is 1. The van der Waals surface area contributed by atoms with E-state index >= 15 is 0 Å². The second kappa shape index (κ2) is 6.74. The maximum Gasteiger partial charge on any atom is 0.263 e. The molecule has 2 heterocycles. The van der Waals surface area contributed by atoms with Crippen molar-refractivity contribution in [3.8, 4) is 0 Å². The number of carbonyl (C=O) groups is 1. The second-order valence-electron chi connectivity index (χ2n) is 4.80. The lowest BCUT2D eigenvalue weighted by molar-refractivity contribution is 0.0963. The summed E-state index contributed by atoms with van der Waals surface area (Å²) in [7, 11) is 2.11. The van der Waals surface area contributed by atoms with Crippen molar-refractivity contribution in [3.05, 3.63) is 23.6 Å². The average Bonchev–Trinajstić information content (AvgIpc) is 2.79. The van der Waals surface area contributed by atoms with Crippen LogP contribution in [0, 0.1) is 0 Å². The van der Waals surface area contributed by atoms with Crippen LogP contribution in [0.25, 0.3) is 0 Å². The lowest BCUT2D eigenvalue weighted by Crippen LogP contribution is -2.46. The summed E-state index contributed by atoms with van der Waals surface area (Å²) in [6.07, 6.45) is 1.64. The minimum atomic E-state index is -0.154. The Balaban J connectivity index is 1.96. The standard InChI is InChI=1S/C13H21N5OS/c1-3-4-15-13(19)12-10(14)9-11(20-12)16-18-7-5-17(2)6-8-18/h3,9,16H,1,4-8,14H2,2H3,(H,15,19). The highest BCUT2D eigenvalue weighted by Crippen LogP contribution is 2.29. The summed E-state index contributed by atoms with van der Waals surface area (Å²) in [5.74, 6) is -0.154. The first-order valence-electron chi connectivity index (χ1n) is 6.58. The molecular formula is C13H21N5OS. The summed E-state index contributed by atoms with van der Waals surface area (Å²) < 4.78 is 0. The van der Waals surface area contributed by atoms with E-state index in [9.17, 15) is 4.79 Å². The molecule has 6 nitrogen and oxygen atoms in total. The first-order valence-corrected chi connectivity index (χ1v) is 7.40. The van der Waals surface area contributed by atoms with E-state index in [2.05, 4.69) is 34.3 Å². The van der Waals surface area contributed by atoms with Crippen molar-refractivity contribution < 1.29 is 4.79 Å². The Morgan fingerprint density at radius 3 is 2.85 bits per heavy atom. The van der Waals surface area contributed by atoms with Gasteiger partial charge in [-0.15, -0.1) is 17.9 Å². The Morgan fingerprint density at radius 2 is 2.20 bits per heavy atom. The second-order valence-corrected chi connectivity index (χ2v) is 5.85. The Labute approximate surface area is 123 Å². The van der Waals surface area contributed by atoms with Crippen LogP contribution in [0.1, 0.15) is 9.67 Å². The van der Waals surface area contributed by atoms with Crippen LogP contribution < -0.4 is 16.5 Å². The molecule has 1 aromatic rings. The van der Waals surface area contributed by atoms with E-state index in [1.807, 2.05) is 6.07 Å². The van der Waals surface area contributed by atoms with Crippen molar-refractivity contribution in [2.45, 2.75) is 0 Å². The van der Waals surface area contributed by atoms with E-state index in [1.165, 1.54) is 11.3 Å². The van der Waals surface area contributed by atoms with E-state index < -0.39 is 0 Å². The van der Waals surface area contributed by atoms with Gasteiger partial charge in [0, 0.05) is 32.7 Å². The predicted octanol–water partition coefficient (Wildman–Crippen LogP) is 0.820. The van der Waals surface area contributed by atoms with Gasteiger partial charge in [-0.3, -0.25) is 4.79 Å². The summed E-state index contributed by atoms with van der Waals surface area (Å²) in [6, 6.07) is 1.81. The van der Waals surface area contributed by atoms with E-state index in [1.54, 1.807) is 6.08 Å². The molecule has 0 aliphatic carbocycles. The van der Waals surface area contributed by atoms with Crippen molar-refractivity contribution in [1.29, 1.82) is 0 Å². The molecule has 1 fully saturated rings. The number of rotatable bonds is 5. The third-order valence-electron chi connectivity index (χ3n) is 3.15. The molecule has 1 aliphatic rings. The third kappa shape index (κ3) is 3.72. The number of nitrogen functional groups attached to an aromatic ring is 1. The van der Waals surface area contributed by atoms with Gasteiger partial charge in [0.25, 0.3) is 5.91 Å². The van der Waals surface area contributed by atoms with E-state index in [0.717, 1.165) is 31.2 Å². The molecule has 1 amide bonds. The van der Waals surface area contributed by atoms with Gasteiger partial charge < -0.3 is 21.4 Å². The number of nitrogens with one attached hydrogen (secondary N) is 2. The maximum absolute atomic E-state index is 11.9. The Bertz CT molecular complexity index is 479. The molecule has 20 heavy (non-hydrogen) atoms. The van der Waals surface area contributed by atoms with Gasteiger partial charge in [-0.05, 0) is 13.1 Å². The Kier molecular flexibility index (Phi) is 4.99. The highest BCUT2D eigenvalue weighted by atomic mass is 32.1. The van der Waals surface area contributed by atoms with Gasteiger partial charge in [-0.1, -0.05) is 6.08 Å². The normalized spacial score (nSPS) is 16.9. The molecule has 0 radical (unpaired) electrons. The number of nitrogens with two attached hydrogens (primary N) is 1. The number of likely N-dealkylation sites (N-methyl/N-ethyl adjacent to an activating group) is 1. The van der Waals surface area contributed by atoms with Crippen LogP contribution in [-0.4, -0.2) is 55.6 Å². The lowest BCUT2D eigenvalue weighted by atomic mass is 10.3. The van der Waals surface area contributed by atoms with Crippen molar-refractivity contribution >= 4 is 27.9 Å². The largest absolute Gasteiger partial charge is 0.397 e. The van der Waals surface area contributed by atoms with Crippen LogP contribution in [-0.2, 0) is 0 Å². The average molecular weight is 295 g/mol. The van der Waals surface area contributed by atoms with E-state index in [-0.39, 0.29) is 5.91 Å². The number of piperazine rings is 1. The monoisotopic (exact) mass is 295 g/mol. The van der Waals surface area contributed by atoms with Crippen LogP contribution in [0.2, 0.25) is 0 Å². The fourth-order valence-corrected chi connectivity index (χ4v) is 2.88. The molecule has 110 valence electrons. The van der Waals surface area contributed by atoms with Gasteiger partial charge >= 0.3 is 0 Å². The minimum Gasteiger partial charge on any atom is -0.397 e. The van der Waals surface area contributed by atoms with Crippen molar-refractivity contribution in [2.75, 3.05) is 50.9 Å². The highest BCUT2D eigenvalue weighted by molar-refractivity contribution is 7.18. The zero-order valence-corrected chi connectivity index (χ0v) is 12.5. The number of hydrogen-bond donors (Lipinski definition) is 3. The Morgan fingerprint density at radius 1 is 1.50 bits per heavy atom.